The Balaban J connectivity index is 2.08. The molecule has 1 aliphatic heterocycles. The summed E-state index contributed by atoms with van der Waals surface area (Å²) in [6.45, 7) is 1.59. The number of amides is 1. The van der Waals surface area contributed by atoms with Crippen LogP contribution in [0.25, 0.3) is 0 Å². The van der Waals surface area contributed by atoms with E-state index in [9.17, 15) is 4.79 Å². The zero-order chi connectivity index (χ0) is 8.81. The van der Waals surface area contributed by atoms with Gasteiger partial charge < -0.3 is 10.1 Å². The lowest BCUT2D eigenvalue weighted by Gasteiger charge is -2.08. The molecule has 1 amide bonds. The molecule has 3 nitrogen and oxygen atoms in total. The molecule has 0 aliphatic carbocycles. The minimum Gasteiger partial charge on any atom is -0.378 e. The van der Waals surface area contributed by atoms with Crippen LogP contribution in [0, 0.1) is 0 Å². The number of carbonyl (C=O) groups excluding carboxylic acids is 1. The Kier molecular flexibility index (Phi) is 4.90. The quantitative estimate of drug-likeness (QED) is 0.620. The minimum absolute atomic E-state index is 0.124. The van der Waals surface area contributed by atoms with E-state index in [1.165, 1.54) is 0 Å². The zero-order valence-corrected chi connectivity index (χ0v) is 9.17. The van der Waals surface area contributed by atoms with E-state index in [0.29, 0.717) is 6.42 Å². The van der Waals surface area contributed by atoms with Crippen molar-refractivity contribution in [3.8, 4) is 0 Å². The SMILES string of the molecule is O=C(CC1CCCO1)NCCI. The molecule has 0 aromatic rings. The summed E-state index contributed by atoms with van der Waals surface area (Å²) >= 11 is 2.24. The summed E-state index contributed by atoms with van der Waals surface area (Å²) in [5.74, 6) is 0.124. The van der Waals surface area contributed by atoms with Crippen LogP contribution in [-0.4, -0.2) is 29.6 Å². The molecule has 12 heavy (non-hydrogen) atoms. The maximum Gasteiger partial charge on any atom is 0.222 e. The molecule has 0 spiro atoms. The van der Waals surface area contributed by atoms with Gasteiger partial charge in [0.05, 0.1) is 12.5 Å². The Hall–Kier alpha value is 0.160. The molecule has 4 heteroatoms. The number of carbonyl (C=O) groups is 1. The van der Waals surface area contributed by atoms with Crippen LogP contribution in [0.2, 0.25) is 0 Å². The molecule has 0 radical (unpaired) electrons. The fraction of sp³-hybridized carbons (Fsp3) is 0.875. The molecule has 0 saturated carbocycles. The molecule has 1 aliphatic rings. The second kappa shape index (κ2) is 5.75. The lowest BCUT2D eigenvalue weighted by atomic mass is 10.2. The van der Waals surface area contributed by atoms with Gasteiger partial charge in [-0.25, -0.2) is 0 Å². The van der Waals surface area contributed by atoms with Crippen LogP contribution in [0.15, 0.2) is 0 Å². The average molecular weight is 283 g/mol. The summed E-state index contributed by atoms with van der Waals surface area (Å²) in [5, 5.41) is 2.83. The third-order valence-corrected chi connectivity index (χ3v) is 2.39. The van der Waals surface area contributed by atoms with E-state index < -0.39 is 0 Å². The number of hydrogen-bond donors (Lipinski definition) is 1. The Labute approximate surface area is 86.4 Å². The lowest BCUT2D eigenvalue weighted by molar-refractivity contribution is -0.123. The smallest absolute Gasteiger partial charge is 0.222 e. The maximum absolute atomic E-state index is 11.2. The molecule has 1 rings (SSSR count). The summed E-state index contributed by atoms with van der Waals surface area (Å²) < 4.78 is 6.31. The predicted molar refractivity (Wildman–Crippen MR) is 55.5 cm³/mol. The van der Waals surface area contributed by atoms with E-state index in [1.807, 2.05) is 0 Å². The maximum atomic E-state index is 11.2. The van der Waals surface area contributed by atoms with E-state index in [1.54, 1.807) is 0 Å². The van der Waals surface area contributed by atoms with Crippen molar-refractivity contribution in [2.24, 2.45) is 0 Å². The van der Waals surface area contributed by atoms with Gasteiger partial charge >= 0.3 is 0 Å². The summed E-state index contributed by atoms with van der Waals surface area (Å²) in [7, 11) is 0. The van der Waals surface area contributed by atoms with Crippen LogP contribution in [0.5, 0.6) is 0 Å². The summed E-state index contributed by atoms with van der Waals surface area (Å²) in [6, 6.07) is 0. The number of nitrogens with one attached hydrogen (secondary N) is 1. The normalized spacial score (nSPS) is 22.6. The van der Waals surface area contributed by atoms with Crippen molar-refractivity contribution in [1.82, 2.24) is 5.32 Å². The van der Waals surface area contributed by atoms with Crippen molar-refractivity contribution in [2.45, 2.75) is 25.4 Å². The van der Waals surface area contributed by atoms with Gasteiger partial charge in [0.1, 0.15) is 0 Å². The lowest BCUT2D eigenvalue weighted by Crippen LogP contribution is -2.28. The molecule has 0 aromatic heterocycles. The largest absolute Gasteiger partial charge is 0.378 e. The van der Waals surface area contributed by atoms with Crippen molar-refractivity contribution in [3.63, 3.8) is 0 Å². The third-order valence-electron chi connectivity index (χ3n) is 1.85. The Morgan fingerprint density at radius 2 is 2.50 bits per heavy atom. The van der Waals surface area contributed by atoms with Gasteiger partial charge in [-0.1, -0.05) is 22.6 Å². The van der Waals surface area contributed by atoms with Crippen molar-refractivity contribution < 1.29 is 9.53 Å². The molecular formula is C8H14INO2. The first-order chi connectivity index (χ1) is 5.83. The van der Waals surface area contributed by atoms with Crippen molar-refractivity contribution in [3.05, 3.63) is 0 Å². The summed E-state index contributed by atoms with van der Waals surface area (Å²) in [5.41, 5.74) is 0. The standard InChI is InChI=1S/C8H14INO2/c9-3-4-10-8(11)6-7-2-1-5-12-7/h7H,1-6H2,(H,10,11). The van der Waals surface area contributed by atoms with Crippen LogP contribution in [-0.2, 0) is 9.53 Å². The molecule has 70 valence electrons. The average Bonchev–Trinajstić information content (AvgIpc) is 2.53. The van der Waals surface area contributed by atoms with Crippen molar-refractivity contribution in [1.29, 1.82) is 0 Å². The number of hydrogen-bond acceptors (Lipinski definition) is 2. The van der Waals surface area contributed by atoms with Crippen LogP contribution in [0.4, 0.5) is 0 Å². The van der Waals surface area contributed by atoms with Gasteiger partial charge in [0, 0.05) is 17.6 Å². The van der Waals surface area contributed by atoms with Crippen LogP contribution >= 0.6 is 22.6 Å². The second-order valence-electron chi connectivity index (χ2n) is 2.88. The Morgan fingerprint density at radius 1 is 1.67 bits per heavy atom. The number of alkyl halides is 1. The molecule has 0 bridgehead atoms. The van der Waals surface area contributed by atoms with Gasteiger partial charge in [-0.15, -0.1) is 0 Å². The van der Waals surface area contributed by atoms with E-state index in [0.717, 1.165) is 30.4 Å². The van der Waals surface area contributed by atoms with E-state index in [-0.39, 0.29) is 12.0 Å². The van der Waals surface area contributed by atoms with E-state index >= 15 is 0 Å². The van der Waals surface area contributed by atoms with Crippen LogP contribution in [0.1, 0.15) is 19.3 Å². The fourth-order valence-corrected chi connectivity index (χ4v) is 1.54. The van der Waals surface area contributed by atoms with Gasteiger partial charge in [-0.05, 0) is 12.8 Å². The summed E-state index contributed by atoms with van der Waals surface area (Å²) in [6.07, 6.45) is 2.86. The Morgan fingerprint density at radius 3 is 3.08 bits per heavy atom. The van der Waals surface area contributed by atoms with Crippen LogP contribution < -0.4 is 5.32 Å². The van der Waals surface area contributed by atoms with Gasteiger partial charge in [-0.3, -0.25) is 4.79 Å². The van der Waals surface area contributed by atoms with Crippen molar-refractivity contribution in [2.75, 3.05) is 17.6 Å². The highest BCUT2D eigenvalue weighted by Gasteiger charge is 2.18. The van der Waals surface area contributed by atoms with E-state index in [4.69, 9.17) is 4.74 Å². The first-order valence-corrected chi connectivity index (χ1v) is 5.79. The van der Waals surface area contributed by atoms with E-state index in [2.05, 4.69) is 27.9 Å². The van der Waals surface area contributed by atoms with Crippen LogP contribution in [0.3, 0.4) is 0 Å². The Bertz CT molecular complexity index is 146. The number of halogens is 1. The van der Waals surface area contributed by atoms with Gasteiger partial charge in [0.2, 0.25) is 5.91 Å². The molecule has 1 N–H and O–H groups in total. The van der Waals surface area contributed by atoms with Gasteiger partial charge in [-0.2, -0.15) is 0 Å². The highest BCUT2D eigenvalue weighted by Crippen LogP contribution is 2.14. The highest BCUT2D eigenvalue weighted by atomic mass is 127. The summed E-state index contributed by atoms with van der Waals surface area (Å²) in [4.78, 5) is 11.2. The topological polar surface area (TPSA) is 38.3 Å². The monoisotopic (exact) mass is 283 g/mol. The van der Waals surface area contributed by atoms with Gasteiger partial charge in [0.25, 0.3) is 0 Å². The minimum atomic E-state index is 0.124. The molecule has 1 fully saturated rings. The first kappa shape index (κ1) is 10.2. The highest BCUT2D eigenvalue weighted by molar-refractivity contribution is 14.1. The van der Waals surface area contributed by atoms with Gasteiger partial charge in [0.15, 0.2) is 0 Å². The second-order valence-corrected chi connectivity index (χ2v) is 3.96. The molecule has 1 saturated heterocycles. The molecule has 1 heterocycles. The zero-order valence-electron chi connectivity index (χ0n) is 7.01. The number of ether oxygens (including phenoxy) is 1. The number of rotatable bonds is 4. The molecular weight excluding hydrogens is 269 g/mol. The first-order valence-electron chi connectivity index (χ1n) is 4.27. The molecule has 1 unspecified atom stereocenters. The third kappa shape index (κ3) is 3.71. The molecule has 1 atom stereocenters. The van der Waals surface area contributed by atoms with Crippen molar-refractivity contribution >= 4 is 28.5 Å². The molecule has 0 aromatic carbocycles. The fourth-order valence-electron chi connectivity index (χ4n) is 1.27. The predicted octanol–water partition coefficient (Wildman–Crippen LogP) is 1.11.